The monoisotopic (exact) mass is 606 g/mol. The Labute approximate surface area is 251 Å². The number of aromatic nitrogens is 2. The Morgan fingerprint density at radius 1 is 0.977 bits per heavy atom. The van der Waals surface area contributed by atoms with E-state index in [0.717, 1.165) is 29.7 Å². The Morgan fingerprint density at radius 2 is 1.61 bits per heavy atom. The summed E-state index contributed by atoms with van der Waals surface area (Å²) in [6, 6.07) is 10.5. The number of fused-ring (bicyclic) bond motifs is 2. The average Bonchev–Trinajstić information content (AvgIpc) is 3.38. The van der Waals surface area contributed by atoms with Crippen LogP contribution in [0, 0.1) is 11.8 Å². The zero-order chi connectivity index (χ0) is 32.1. The summed E-state index contributed by atoms with van der Waals surface area (Å²) in [5.41, 5.74) is 9.14. The van der Waals surface area contributed by atoms with Gasteiger partial charge in [-0.3, -0.25) is 33.8 Å². The topological polar surface area (TPSA) is 221 Å². The number of carbonyl (C=O) groups excluding carboxylic acids is 2. The minimum Gasteiger partial charge on any atom is -0.481 e. The van der Waals surface area contributed by atoms with Crippen molar-refractivity contribution in [2.75, 3.05) is 17.7 Å². The summed E-state index contributed by atoms with van der Waals surface area (Å²) in [6.07, 6.45) is -0.127. The van der Waals surface area contributed by atoms with Gasteiger partial charge in [-0.15, -0.1) is 0 Å². The molecule has 0 spiro atoms. The van der Waals surface area contributed by atoms with Crippen molar-refractivity contribution in [3.05, 3.63) is 63.4 Å². The fraction of sp³-hybridized carbons (Fsp3) is 0.387. The number of carboxylic acids is 3. The van der Waals surface area contributed by atoms with Crippen LogP contribution in [-0.4, -0.2) is 61.8 Å². The second-order valence-corrected chi connectivity index (χ2v) is 11.1. The van der Waals surface area contributed by atoms with E-state index in [-0.39, 0.29) is 43.2 Å². The summed E-state index contributed by atoms with van der Waals surface area (Å²) in [4.78, 5) is 80.5. The molecule has 3 atom stereocenters. The van der Waals surface area contributed by atoms with Crippen LogP contribution in [0.3, 0.4) is 0 Å². The number of aromatic amines is 1. The van der Waals surface area contributed by atoms with E-state index in [9.17, 15) is 39.0 Å². The fourth-order valence-electron chi connectivity index (χ4n) is 5.68. The molecule has 1 aliphatic rings. The highest BCUT2D eigenvalue weighted by Crippen LogP contribution is 2.39. The SMILES string of the molecule is CN(c1ccc(C(=O)C[C@@H](CCC(=O)C[C@H](CCC(=O)O)C(=O)O)C(=O)O)cc1)C1CCc2cc3nc(N)[nH]c(=O)c3cc21. The van der Waals surface area contributed by atoms with Crippen molar-refractivity contribution in [3.63, 3.8) is 0 Å². The molecule has 13 nitrogen and oxygen atoms in total. The number of nitrogens with zero attached hydrogens (tertiary/aromatic N) is 2. The molecular formula is C31H34N4O9. The molecule has 0 radical (unpaired) electrons. The van der Waals surface area contributed by atoms with Crippen molar-refractivity contribution in [2.24, 2.45) is 11.8 Å². The molecular weight excluding hydrogens is 572 g/mol. The van der Waals surface area contributed by atoms with Gasteiger partial charge in [0.2, 0.25) is 5.95 Å². The molecule has 0 bridgehead atoms. The van der Waals surface area contributed by atoms with Gasteiger partial charge in [-0.05, 0) is 73.2 Å². The molecule has 1 aliphatic carbocycles. The fourth-order valence-corrected chi connectivity index (χ4v) is 5.68. The number of nitrogens with two attached hydrogens (primary N) is 1. The van der Waals surface area contributed by atoms with Crippen molar-refractivity contribution < 1.29 is 39.3 Å². The second kappa shape index (κ2) is 13.5. The number of aliphatic carboxylic acids is 3. The summed E-state index contributed by atoms with van der Waals surface area (Å²) in [6.45, 7) is 0. The third-order valence-corrected chi connectivity index (χ3v) is 8.18. The normalized spacial score (nSPS) is 15.3. The first-order valence-electron chi connectivity index (χ1n) is 14.2. The van der Waals surface area contributed by atoms with Crippen LogP contribution in [0.1, 0.15) is 72.5 Å². The van der Waals surface area contributed by atoms with Crippen LogP contribution in [0.25, 0.3) is 10.9 Å². The van der Waals surface area contributed by atoms with Crippen molar-refractivity contribution in [1.29, 1.82) is 0 Å². The molecule has 0 fully saturated rings. The van der Waals surface area contributed by atoms with E-state index in [4.69, 9.17) is 10.8 Å². The van der Waals surface area contributed by atoms with Gasteiger partial charge in [-0.2, -0.15) is 0 Å². The Hall–Kier alpha value is -5.07. The first kappa shape index (κ1) is 31.9. The predicted octanol–water partition coefficient (Wildman–Crippen LogP) is 3.21. The lowest BCUT2D eigenvalue weighted by molar-refractivity contribution is -0.146. The number of hydrogen-bond acceptors (Lipinski definition) is 9. The van der Waals surface area contributed by atoms with E-state index in [0.29, 0.717) is 16.5 Å². The van der Waals surface area contributed by atoms with Gasteiger partial charge < -0.3 is 26.0 Å². The molecule has 0 saturated heterocycles. The van der Waals surface area contributed by atoms with E-state index in [2.05, 4.69) is 14.9 Å². The number of aryl methyl sites for hydroxylation is 1. The summed E-state index contributed by atoms with van der Waals surface area (Å²) in [5.74, 6) is -6.87. The molecule has 0 saturated carbocycles. The molecule has 0 aliphatic heterocycles. The van der Waals surface area contributed by atoms with E-state index in [1.54, 1.807) is 24.3 Å². The number of carboxylic acid groups (broad SMARTS) is 3. The van der Waals surface area contributed by atoms with E-state index < -0.39 is 54.2 Å². The maximum Gasteiger partial charge on any atom is 0.306 e. The lowest BCUT2D eigenvalue weighted by Crippen LogP contribution is -2.23. The van der Waals surface area contributed by atoms with Gasteiger partial charge in [0.15, 0.2) is 5.78 Å². The average molecular weight is 607 g/mol. The third-order valence-electron chi connectivity index (χ3n) is 8.18. The van der Waals surface area contributed by atoms with E-state index >= 15 is 0 Å². The van der Waals surface area contributed by atoms with Crippen molar-refractivity contribution in [3.8, 4) is 0 Å². The number of nitrogen functional groups attached to an aromatic ring is 1. The van der Waals surface area contributed by atoms with Crippen LogP contribution >= 0.6 is 0 Å². The maximum absolute atomic E-state index is 13.0. The van der Waals surface area contributed by atoms with Crippen LogP contribution in [-0.2, 0) is 25.6 Å². The molecule has 0 amide bonds. The lowest BCUT2D eigenvalue weighted by Gasteiger charge is -2.28. The van der Waals surface area contributed by atoms with Gasteiger partial charge in [0, 0.05) is 44.0 Å². The van der Waals surface area contributed by atoms with Crippen molar-refractivity contribution >= 4 is 52.0 Å². The molecule has 2 aromatic carbocycles. The second-order valence-electron chi connectivity index (χ2n) is 11.1. The molecule has 6 N–H and O–H groups in total. The largest absolute Gasteiger partial charge is 0.481 e. The molecule has 44 heavy (non-hydrogen) atoms. The van der Waals surface area contributed by atoms with Crippen LogP contribution in [0.5, 0.6) is 0 Å². The maximum atomic E-state index is 13.0. The number of anilines is 2. The van der Waals surface area contributed by atoms with E-state index in [1.807, 2.05) is 19.2 Å². The number of carbonyl (C=O) groups is 5. The molecule has 1 heterocycles. The summed E-state index contributed by atoms with van der Waals surface area (Å²) in [5, 5.41) is 28.1. The lowest BCUT2D eigenvalue weighted by atomic mass is 9.90. The Morgan fingerprint density at radius 3 is 2.25 bits per heavy atom. The zero-order valence-corrected chi connectivity index (χ0v) is 24.1. The Kier molecular flexibility index (Phi) is 9.77. The Bertz CT molecular complexity index is 1670. The molecule has 1 aromatic heterocycles. The smallest absolute Gasteiger partial charge is 0.306 e. The van der Waals surface area contributed by atoms with Crippen molar-refractivity contribution in [1.82, 2.24) is 9.97 Å². The van der Waals surface area contributed by atoms with Gasteiger partial charge in [-0.25, -0.2) is 4.98 Å². The molecule has 4 rings (SSSR count). The van der Waals surface area contributed by atoms with Gasteiger partial charge in [0.05, 0.1) is 28.8 Å². The number of H-pyrrole nitrogens is 1. The van der Waals surface area contributed by atoms with Crippen LogP contribution in [0.15, 0.2) is 41.2 Å². The quantitative estimate of drug-likeness (QED) is 0.157. The number of benzene rings is 2. The standard InChI is InChI=1S/C31H34N4O9/c1-35(25-10-5-17-13-24-23(15-22(17)25)28(40)34-31(32)33-24)20-7-2-16(3-8-20)26(37)14-19(30(43)44)4-9-21(36)12-18(29(41)42)6-11-27(38)39/h2-3,7-8,13,15,18-19,25H,4-6,9-12,14H2,1H3,(H,38,39)(H,41,42)(H,43,44)(H3,32,33,34,40)/t18-,19+,25?/m0/s1. The van der Waals surface area contributed by atoms with Gasteiger partial charge >= 0.3 is 17.9 Å². The number of rotatable bonds is 15. The van der Waals surface area contributed by atoms with Gasteiger partial charge in [-0.1, -0.05) is 0 Å². The summed E-state index contributed by atoms with van der Waals surface area (Å²) in [7, 11) is 1.92. The molecule has 232 valence electrons. The van der Waals surface area contributed by atoms with Crippen molar-refractivity contribution in [2.45, 2.75) is 57.4 Å². The highest BCUT2D eigenvalue weighted by atomic mass is 16.4. The number of hydrogen-bond donors (Lipinski definition) is 5. The van der Waals surface area contributed by atoms with Gasteiger partial charge in [0.1, 0.15) is 5.78 Å². The summed E-state index contributed by atoms with van der Waals surface area (Å²) < 4.78 is 0. The number of nitrogens with one attached hydrogen (secondary N) is 1. The van der Waals surface area contributed by atoms with Crippen LogP contribution in [0.2, 0.25) is 0 Å². The number of ketones is 2. The zero-order valence-electron chi connectivity index (χ0n) is 24.1. The third kappa shape index (κ3) is 7.46. The first-order chi connectivity index (χ1) is 20.8. The van der Waals surface area contributed by atoms with Gasteiger partial charge in [0.25, 0.3) is 5.56 Å². The van der Waals surface area contributed by atoms with Crippen LogP contribution in [0.4, 0.5) is 11.6 Å². The minimum absolute atomic E-state index is 0.0216. The molecule has 13 heteroatoms. The highest BCUT2D eigenvalue weighted by molar-refractivity contribution is 5.98. The minimum atomic E-state index is -1.29. The number of Topliss-reactive ketones (excluding diaryl/α,β-unsaturated/α-hetero) is 2. The highest BCUT2D eigenvalue weighted by Gasteiger charge is 2.29. The first-order valence-corrected chi connectivity index (χ1v) is 14.2. The summed E-state index contributed by atoms with van der Waals surface area (Å²) >= 11 is 0. The molecule has 1 unspecified atom stereocenters. The van der Waals surface area contributed by atoms with E-state index in [1.165, 1.54) is 0 Å². The van der Waals surface area contributed by atoms with Crippen LogP contribution < -0.4 is 16.2 Å². The Balaban J connectivity index is 1.38. The predicted molar refractivity (Wildman–Crippen MR) is 160 cm³/mol. The molecule has 3 aromatic rings.